The lowest BCUT2D eigenvalue weighted by atomic mass is 10.1. The molecular formula is C21H29N3O3S. The maximum atomic E-state index is 12.8. The van der Waals surface area contributed by atoms with Crippen molar-refractivity contribution in [2.45, 2.75) is 39.1 Å². The highest BCUT2D eigenvalue weighted by molar-refractivity contribution is 7.89. The van der Waals surface area contributed by atoms with E-state index in [1.807, 2.05) is 24.3 Å². The third kappa shape index (κ3) is 5.19. The number of amides is 1. The highest BCUT2D eigenvalue weighted by Gasteiger charge is 2.19. The van der Waals surface area contributed by atoms with Crippen LogP contribution in [0, 0.1) is 13.8 Å². The molecule has 0 saturated heterocycles. The van der Waals surface area contributed by atoms with E-state index in [0.29, 0.717) is 16.8 Å². The molecule has 0 heterocycles. The average molecular weight is 404 g/mol. The number of benzene rings is 2. The number of hydrogen-bond donors (Lipinski definition) is 2. The number of hydrogen-bond acceptors (Lipinski definition) is 4. The third-order valence-electron chi connectivity index (χ3n) is 4.93. The first kappa shape index (κ1) is 22.1. The number of carbonyl (C=O) groups is 1. The summed E-state index contributed by atoms with van der Waals surface area (Å²) in [5.41, 5.74) is 3.49. The lowest BCUT2D eigenvalue weighted by Crippen LogP contribution is -2.22. The second-order valence-corrected chi connectivity index (χ2v) is 8.59. The Labute approximate surface area is 168 Å². The van der Waals surface area contributed by atoms with Crippen molar-refractivity contribution < 1.29 is 13.2 Å². The molecule has 0 spiro atoms. The molecule has 2 N–H and O–H groups in total. The van der Waals surface area contributed by atoms with Gasteiger partial charge in [-0.05, 0) is 74.9 Å². The maximum absolute atomic E-state index is 12.8. The first-order chi connectivity index (χ1) is 13.2. The number of nitrogens with one attached hydrogen (secondary N) is 2. The molecule has 0 atom stereocenters. The minimum absolute atomic E-state index is 0.121. The van der Waals surface area contributed by atoms with Gasteiger partial charge in [0.15, 0.2) is 0 Å². The van der Waals surface area contributed by atoms with Crippen LogP contribution in [-0.2, 0) is 16.6 Å². The summed E-state index contributed by atoms with van der Waals surface area (Å²) < 4.78 is 26.8. The highest BCUT2D eigenvalue weighted by atomic mass is 32.2. The minimum atomic E-state index is -3.64. The zero-order chi connectivity index (χ0) is 20.9. The molecule has 7 heteroatoms. The number of carbonyl (C=O) groups excluding carboxylic acids is 1. The molecule has 0 fully saturated rings. The van der Waals surface area contributed by atoms with Gasteiger partial charge in [0, 0.05) is 17.8 Å². The summed E-state index contributed by atoms with van der Waals surface area (Å²) >= 11 is 0. The van der Waals surface area contributed by atoms with Crippen LogP contribution in [0.1, 0.15) is 40.9 Å². The van der Waals surface area contributed by atoms with Gasteiger partial charge in [0.25, 0.3) is 5.91 Å². The van der Waals surface area contributed by atoms with Crippen molar-refractivity contribution in [2.75, 3.05) is 25.5 Å². The fourth-order valence-corrected chi connectivity index (χ4v) is 4.07. The lowest BCUT2D eigenvalue weighted by molar-refractivity contribution is 0.102. The van der Waals surface area contributed by atoms with E-state index in [4.69, 9.17) is 0 Å². The van der Waals surface area contributed by atoms with Crippen molar-refractivity contribution in [2.24, 2.45) is 0 Å². The monoisotopic (exact) mass is 403 g/mol. The Hall–Kier alpha value is -2.22. The van der Waals surface area contributed by atoms with Crippen LogP contribution in [0.4, 0.5) is 5.69 Å². The molecule has 0 saturated carbocycles. The highest BCUT2D eigenvalue weighted by Crippen LogP contribution is 2.22. The average Bonchev–Trinajstić information content (AvgIpc) is 2.68. The summed E-state index contributed by atoms with van der Waals surface area (Å²) in [6, 6.07) is 10.8. The van der Waals surface area contributed by atoms with E-state index in [1.165, 1.54) is 13.1 Å². The van der Waals surface area contributed by atoms with Crippen LogP contribution in [0.2, 0.25) is 0 Å². The Kier molecular flexibility index (Phi) is 7.35. The van der Waals surface area contributed by atoms with Gasteiger partial charge in [-0.25, -0.2) is 13.1 Å². The van der Waals surface area contributed by atoms with Gasteiger partial charge in [0.1, 0.15) is 0 Å². The van der Waals surface area contributed by atoms with Crippen molar-refractivity contribution in [1.29, 1.82) is 0 Å². The normalized spacial score (nSPS) is 11.6. The van der Waals surface area contributed by atoms with Gasteiger partial charge < -0.3 is 5.32 Å². The van der Waals surface area contributed by atoms with E-state index in [1.54, 1.807) is 19.9 Å². The molecule has 0 aromatic heterocycles. The Balaban J connectivity index is 2.29. The first-order valence-corrected chi connectivity index (χ1v) is 10.9. The van der Waals surface area contributed by atoms with Crippen molar-refractivity contribution in [3.8, 4) is 0 Å². The van der Waals surface area contributed by atoms with E-state index < -0.39 is 10.0 Å². The lowest BCUT2D eigenvalue weighted by Gasteiger charge is -2.18. The molecule has 2 aromatic rings. The quantitative estimate of drug-likeness (QED) is 0.709. The van der Waals surface area contributed by atoms with E-state index in [-0.39, 0.29) is 10.8 Å². The second kappa shape index (κ2) is 9.32. The molecule has 0 unspecified atom stereocenters. The van der Waals surface area contributed by atoms with Crippen molar-refractivity contribution in [1.82, 2.24) is 9.62 Å². The summed E-state index contributed by atoms with van der Waals surface area (Å²) in [5.74, 6) is -0.337. The molecular weight excluding hydrogens is 374 g/mol. The number of nitrogens with zero attached hydrogens (tertiary/aromatic N) is 1. The summed E-state index contributed by atoms with van der Waals surface area (Å²) in [7, 11) is -2.28. The molecule has 0 aliphatic heterocycles. The van der Waals surface area contributed by atoms with Crippen LogP contribution in [0.3, 0.4) is 0 Å². The van der Waals surface area contributed by atoms with E-state index in [2.05, 4.69) is 28.8 Å². The van der Waals surface area contributed by atoms with E-state index in [0.717, 1.165) is 30.8 Å². The molecule has 2 rings (SSSR count). The van der Waals surface area contributed by atoms with Crippen molar-refractivity contribution >= 4 is 21.6 Å². The predicted molar refractivity (Wildman–Crippen MR) is 113 cm³/mol. The minimum Gasteiger partial charge on any atom is -0.322 e. The molecule has 6 nitrogen and oxygen atoms in total. The van der Waals surface area contributed by atoms with Crippen LogP contribution in [0.15, 0.2) is 41.3 Å². The maximum Gasteiger partial charge on any atom is 0.255 e. The first-order valence-electron chi connectivity index (χ1n) is 9.39. The standard InChI is InChI=1S/C21H29N3O3S/c1-6-24(7-2)14-17-9-8-10-19(12-17)23-21(25)18-11-15(3)16(4)20(13-18)28(26,27)22-5/h8-13,22H,6-7,14H2,1-5H3,(H,23,25). The van der Waals surface area contributed by atoms with Gasteiger partial charge in [-0.3, -0.25) is 9.69 Å². The van der Waals surface area contributed by atoms with Gasteiger partial charge in [-0.15, -0.1) is 0 Å². The largest absolute Gasteiger partial charge is 0.322 e. The molecule has 1 amide bonds. The predicted octanol–water partition coefficient (Wildman–Crippen LogP) is 3.31. The fourth-order valence-electron chi connectivity index (χ4n) is 3.00. The summed E-state index contributed by atoms with van der Waals surface area (Å²) in [5, 5.41) is 2.88. The summed E-state index contributed by atoms with van der Waals surface area (Å²) in [6.45, 7) is 10.5. The molecule has 2 aromatic carbocycles. The second-order valence-electron chi connectivity index (χ2n) is 6.74. The van der Waals surface area contributed by atoms with E-state index in [9.17, 15) is 13.2 Å². The molecule has 0 radical (unpaired) electrons. The van der Waals surface area contributed by atoms with Gasteiger partial charge in [0.05, 0.1) is 4.90 Å². The molecule has 28 heavy (non-hydrogen) atoms. The van der Waals surface area contributed by atoms with Crippen LogP contribution in [0.25, 0.3) is 0 Å². The third-order valence-corrected chi connectivity index (χ3v) is 6.47. The van der Waals surface area contributed by atoms with Crippen molar-refractivity contribution in [3.05, 3.63) is 58.7 Å². The Morgan fingerprint density at radius 3 is 2.36 bits per heavy atom. The molecule has 0 aliphatic rings. The van der Waals surface area contributed by atoms with Crippen LogP contribution >= 0.6 is 0 Å². The molecule has 152 valence electrons. The van der Waals surface area contributed by atoms with E-state index >= 15 is 0 Å². The molecule has 0 aliphatic carbocycles. The fraction of sp³-hybridized carbons (Fsp3) is 0.381. The van der Waals surface area contributed by atoms with Crippen LogP contribution < -0.4 is 10.0 Å². The topological polar surface area (TPSA) is 78.5 Å². The Morgan fingerprint density at radius 1 is 1.07 bits per heavy atom. The number of rotatable bonds is 8. The summed E-state index contributed by atoms with van der Waals surface area (Å²) in [6.07, 6.45) is 0. The van der Waals surface area contributed by atoms with Gasteiger partial charge >= 0.3 is 0 Å². The summed E-state index contributed by atoms with van der Waals surface area (Å²) in [4.78, 5) is 15.2. The van der Waals surface area contributed by atoms with Crippen molar-refractivity contribution in [3.63, 3.8) is 0 Å². The molecule has 0 bridgehead atoms. The smallest absolute Gasteiger partial charge is 0.255 e. The SMILES string of the molecule is CCN(CC)Cc1cccc(NC(=O)c2cc(C)c(C)c(S(=O)(=O)NC)c2)c1. The zero-order valence-electron chi connectivity index (χ0n) is 17.2. The zero-order valence-corrected chi connectivity index (χ0v) is 18.0. The Bertz CT molecular complexity index is 951. The van der Waals surface area contributed by atoms with Crippen LogP contribution in [-0.4, -0.2) is 39.4 Å². The van der Waals surface area contributed by atoms with Gasteiger partial charge in [-0.1, -0.05) is 26.0 Å². The number of sulfonamides is 1. The number of anilines is 1. The van der Waals surface area contributed by atoms with Gasteiger partial charge in [-0.2, -0.15) is 0 Å². The van der Waals surface area contributed by atoms with Gasteiger partial charge in [0.2, 0.25) is 10.0 Å². The Morgan fingerprint density at radius 2 is 1.75 bits per heavy atom. The van der Waals surface area contributed by atoms with Crippen LogP contribution in [0.5, 0.6) is 0 Å². The number of aryl methyl sites for hydroxylation is 1.